The van der Waals surface area contributed by atoms with Crippen LogP contribution in [0.3, 0.4) is 0 Å². The molecule has 0 bridgehead atoms. The highest BCUT2D eigenvalue weighted by Crippen LogP contribution is 2.16. The lowest BCUT2D eigenvalue weighted by Crippen LogP contribution is -2.44. The summed E-state index contributed by atoms with van der Waals surface area (Å²) < 4.78 is 14.2. The Morgan fingerprint density at radius 3 is 2.61 bits per heavy atom. The largest absolute Gasteiger partial charge is 0.370 e. The van der Waals surface area contributed by atoms with E-state index in [2.05, 4.69) is 26.2 Å². The molecule has 6 heteroatoms. The first-order valence-electron chi connectivity index (χ1n) is 5.30. The SMILES string of the molecule is CC(C)(C)NC(N)=NCc1cc(Br)ccc1F.I. The molecule has 0 aromatic heterocycles. The molecule has 1 aromatic carbocycles. The average molecular weight is 430 g/mol. The summed E-state index contributed by atoms with van der Waals surface area (Å²) in [6.07, 6.45) is 0. The maximum absolute atomic E-state index is 13.4. The fourth-order valence-electron chi connectivity index (χ4n) is 1.26. The molecule has 3 N–H and O–H groups in total. The zero-order valence-electron chi connectivity index (χ0n) is 10.6. The van der Waals surface area contributed by atoms with Crippen molar-refractivity contribution in [3.8, 4) is 0 Å². The minimum Gasteiger partial charge on any atom is -0.370 e. The molecule has 0 saturated carbocycles. The second kappa shape index (κ2) is 7.28. The highest BCUT2D eigenvalue weighted by molar-refractivity contribution is 14.0. The lowest BCUT2D eigenvalue weighted by atomic mass is 10.1. The van der Waals surface area contributed by atoms with Crippen molar-refractivity contribution in [1.29, 1.82) is 0 Å². The van der Waals surface area contributed by atoms with Crippen molar-refractivity contribution < 1.29 is 4.39 Å². The van der Waals surface area contributed by atoms with Crippen molar-refractivity contribution in [1.82, 2.24) is 5.32 Å². The van der Waals surface area contributed by atoms with Crippen LogP contribution < -0.4 is 11.1 Å². The summed E-state index contributed by atoms with van der Waals surface area (Å²) in [7, 11) is 0. The van der Waals surface area contributed by atoms with Crippen LogP contribution >= 0.6 is 39.9 Å². The van der Waals surface area contributed by atoms with Gasteiger partial charge in [0.05, 0.1) is 6.54 Å². The third-order valence-electron chi connectivity index (χ3n) is 1.93. The van der Waals surface area contributed by atoms with E-state index in [1.54, 1.807) is 12.1 Å². The standard InChI is InChI=1S/C12H17BrFN3.HI/c1-12(2,3)17-11(15)16-7-8-6-9(13)4-5-10(8)14;/h4-6H,7H2,1-3H3,(H3,15,16,17);1H. The third kappa shape index (κ3) is 6.53. The molecule has 0 amide bonds. The molecule has 0 aliphatic heterocycles. The molecule has 1 aromatic rings. The van der Waals surface area contributed by atoms with Gasteiger partial charge in [-0.05, 0) is 39.0 Å². The third-order valence-corrected chi connectivity index (χ3v) is 2.42. The van der Waals surface area contributed by atoms with E-state index >= 15 is 0 Å². The van der Waals surface area contributed by atoms with Crippen molar-refractivity contribution in [2.24, 2.45) is 10.7 Å². The number of nitrogens with zero attached hydrogens (tertiary/aromatic N) is 1. The van der Waals surface area contributed by atoms with Gasteiger partial charge in [0.2, 0.25) is 0 Å². The Labute approximate surface area is 133 Å². The maximum Gasteiger partial charge on any atom is 0.189 e. The number of aliphatic imine (C=N–C) groups is 1. The molecule has 0 aliphatic rings. The molecule has 0 unspecified atom stereocenters. The van der Waals surface area contributed by atoms with Crippen molar-refractivity contribution in [2.45, 2.75) is 32.9 Å². The number of rotatable bonds is 2. The minimum atomic E-state index is -0.277. The Kier molecular flexibility index (Phi) is 7.13. The Morgan fingerprint density at radius 1 is 1.44 bits per heavy atom. The van der Waals surface area contributed by atoms with Gasteiger partial charge in [0.1, 0.15) is 5.82 Å². The van der Waals surface area contributed by atoms with Crippen molar-refractivity contribution in [3.63, 3.8) is 0 Å². The molecule has 3 nitrogen and oxygen atoms in total. The van der Waals surface area contributed by atoms with Gasteiger partial charge < -0.3 is 11.1 Å². The molecule has 18 heavy (non-hydrogen) atoms. The van der Waals surface area contributed by atoms with Crippen molar-refractivity contribution in [2.75, 3.05) is 0 Å². The van der Waals surface area contributed by atoms with Gasteiger partial charge in [-0.25, -0.2) is 9.38 Å². The van der Waals surface area contributed by atoms with E-state index in [1.807, 2.05) is 20.8 Å². The van der Waals surface area contributed by atoms with Crippen LogP contribution in [0.2, 0.25) is 0 Å². The summed E-state index contributed by atoms with van der Waals surface area (Å²) in [5, 5.41) is 3.02. The molecular formula is C12H18BrFIN3. The van der Waals surface area contributed by atoms with Crippen molar-refractivity contribution >= 4 is 45.9 Å². The zero-order valence-corrected chi connectivity index (χ0v) is 14.5. The Hall–Kier alpha value is -0.370. The fraction of sp³-hybridized carbons (Fsp3) is 0.417. The zero-order chi connectivity index (χ0) is 13.1. The van der Waals surface area contributed by atoms with Gasteiger partial charge in [0.15, 0.2) is 5.96 Å². The highest BCUT2D eigenvalue weighted by Gasteiger charge is 2.10. The van der Waals surface area contributed by atoms with Crippen LogP contribution in [-0.4, -0.2) is 11.5 Å². The van der Waals surface area contributed by atoms with E-state index < -0.39 is 0 Å². The summed E-state index contributed by atoms with van der Waals surface area (Å²) in [5.74, 6) is 0.0392. The Balaban J connectivity index is 0.00000289. The molecular weight excluding hydrogens is 412 g/mol. The Morgan fingerprint density at radius 2 is 2.06 bits per heavy atom. The van der Waals surface area contributed by atoms with E-state index in [1.165, 1.54) is 6.07 Å². The van der Waals surface area contributed by atoms with Crippen LogP contribution in [0.5, 0.6) is 0 Å². The molecule has 0 aliphatic carbocycles. The first-order chi connectivity index (χ1) is 7.78. The molecule has 0 radical (unpaired) electrons. The number of nitrogens with two attached hydrogens (primary N) is 1. The van der Waals surface area contributed by atoms with Crippen molar-refractivity contribution in [3.05, 3.63) is 34.1 Å². The van der Waals surface area contributed by atoms with Gasteiger partial charge in [-0.3, -0.25) is 0 Å². The van der Waals surface area contributed by atoms with Crippen LogP contribution in [0.4, 0.5) is 4.39 Å². The average Bonchev–Trinajstić information content (AvgIpc) is 2.17. The fourth-order valence-corrected chi connectivity index (χ4v) is 1.67. The first-order valence-corrected chi connectivity index (χ1v) is 6.09. The van der Waals surface area contributed by atoms with Gasteiger partial charge in [0, 0.05) is 15.6 Å². The molecule has 0 fully saturated rings. The lowest BCUT2D eigenvalue weighted by Gasteiger charge is -2.21. The number of halogens is 3. The number of nitrogens with one attached hydrogen (secondary N) is 1. The quantitative estimate of drug-likeness (QED) is 0.430. The summed E-state index contributed by atoms with van der Waals surface area (Å²) in [6.45, 7) is 6.17. The molecule has 102 valence electrons. The first kappa shape index (κ1) is 17.6. The van der Waals surface area contributed by atoms with Gasteiger partial charge in [-0.2, -0.15) is 0 Å². The normalized spacial score (nSPS) is 11.9. The Bertz CT molecular complexity index is 430. The van der Waals surface area contributed by atoms with E-state index in [0.717, 1.165) is 4.47 Å². The van der Waals surface area contributed by atoms with Gasteiger partial charge in [-0.1, -0.05) is 15.9 Å². The minimum absolute atomic E-state index is 0. The second-order valence-electron chi connectivity index (χ2n) is 4.81. The summed E-state index contributed by atoms with van der Waals surface area (Å²) in [5.41, 5.74) is 6.06. The van der Waals surface area contributed by atoms with Gasteiger partial charge in [0.25, 0.3) is 0 Å². The van der Waals surface area contributed by atoms with E-state index in [-0.39, 0.29) is 41.9 Å². The van der Waals surface area contributed by atoms with E-state index in [4.69, 9.17) is 5.73 Å². The molecule has 0 heterocycles. The van der Waals surface area contributed by atoms with Gasteiger partial charge >= 0.3 is 0 Å². The van der Waals surface area contributed by atoms with Crippen LogP contribution in [0.1, 0.15) is 26.3 Å². The highest BCUT2D eigenvalue weighted by atomic mass is 127. The number of benzene rings is 1. The lowest BCUT2D eigenvalue weighted by molar-refractivity contribution is 0.508. The number of hydrogen-bond acceptors (Lipinski definition) is 1. The maximum atomic E-state index is 13.4. The van der Waals surface area contributed by atoms with E-state index in [0.29, 0.717) is 11.5 Å². The summed E-state index contributed by atoms with van der Waals surface area (Å²) in [4.78, 5) is 4.10. The van der Waals surface area contributed by atoms with Crippen LogP contribution in [0.25, 0.3) is 0 Å². The second-order valence-corrected chi connectivity index (χ2v) is 5.73. The van der Waals surface area contributed by atoms with Gasteiger partial charge in [-0.15, -0.1) is 24.0 Å². The smallest absolute Gasteiger partial charge is 0.189 e. The predicted molar refractivity (Wildman–Crippen MR) is 87.7 cm³/mol. The molecule has 0 atom stereocenters. The summed E-state index contributed by atoms with van der Waals surface area (Å²) in [6, 6.07) is 4.75. The predicted octanol–water partition coefficient (Wildman–Crippen LogP) is 3.41. The molecule has 0 saturated heterocycles. The topological polar surface area (TPSA) is 50.4 Å². The molecule has 0 spiro atoms. The van der Waals surface area contributed by atoms with E-state index in [9.17, 15) is 4.39 Å². The number of hydrogen-bond donors (Lipinski definition) is 2. The monoisotopic (exact) mass is 429 g/mol. The molecule has 1 rings (SSSR count). The summed E-state index contributed by atoms with van der Waals surface area (Å²) >= 11 is 3.29. The van der Waals surface area contributed by atoms with Crippen LogP contribution in [0, 0.1) is 5.82 Å². The van der Waals surface area contributed by atoms with Crippen LogP contribution in [-0.2, 0) is 6.54 Å². The van der Waals surface area contributed by atoms with Crippen LogP contribution in [0.15, 0.2) is 27.7 Å². The number of guanidine groups is 1.